The number of amides is 1. The van der Waals surface area contributed by atoms with Crippen LogP contribution in [0.4, 0.5) is 0 Å². The Hall–Kier alpha value is -1.18. The van der Waals surface area contributed by atoms with Crippen LogP contribution in [0, 0.1) is 0 Å². The van der Waals surface area contributed by atoms with Crippen molar-refractivity contribution in [1.82, 2.24) is 10.2 Å². The van der Waals surface area contributed by atoms with E-state index in [0.717, 1.165) is 19.3 Å². The van der Waals surface area contributed by atoms with Crippen LogP contribution < -0.4 is 5.32 Å². The van der Waals surface area contributed by atoms with Gasteiger partial charge in [-0.1, -0.05) is 110 Å². The molecule has 1 fully saturated rings. The molecule has 1 amide bonds. The lowest BCUT2D eigenvalue weighted by molar-refractivity contribution is -0.154. The summed E-state index contributed by atoms with van der Waals surface area (Å²) < 4.78 is 5.66. The van der Waals surface area contributed by atoms with Crippen molar-refractivity contribution in [2.75, 3.05) is 26.3 Å². The Labute approximate surface area is 214 Å². The van der Waals surface area contributed by atoms with E-state index in [1.54, 1.807) is 0 Å². The van der Waals surface area contributed by atoms with Crippen LogP contribution >= 0.6 is 0 Å². The molecule has 2 unspecified atom stereocenters. The Morgan fingerprint density at radius 2 is 1.37 bits per heavy atom. The SMILES string of the molecule is CCCCCCCCCCCCCCCCCC(=O)NC1(CCC)COCCN1CC(O)C(=O)O. The van der Waals surface area contributed by atoms with Crippen molar-refractivity contribution in [3.05, 3.63) is 0 Å². The number of nitrogens with zero attached hydrogens (tertiary/aromatic N) is 1. The number of carboxylic acids is 1. The number of rotatable bonds is 22. The van der Waals surface area contributed by atoms with Crippen molar-refractivity contribution >= 4 is 11.9 Å². The molecule has 1 aliphatic heterocycles. The molecule has 7 heteroatoms. The zero-order chi connectivity index (χ0) is 25.8. The number of carbonyl (C=O) groups is 2. The van der Waals surface area contributed by atoms with Crippen molar-refractivity contribution in [1.29, 1.82) is 0 Å². The minimum atomic E-state index is -1.48. The van der Waals surface area contributed by atoms with E-state index in [1.807, 2.05) is 11.8 Å². The third kappa shape index (κ3) is 14.2. The second kappa shape index (κ2) is 19.9. The molecule has 0 aliphatic carbocycles. The third-order valence-electron chi connectivity index (χ3n) is 7.17. The van der Waals surface area contributed by atoms with Crippen molar-refractivity contribution in [3.8, 4) is 0 Å². The molecule has 206 valence electrons. The molecule has 2 atom stereocenters. The third-order valence-corrected chi connectivity index (χ3v) is 7.17. The number of aliphatic hydroxyl groups excluding tert-OH is 1. The molecule has 1 rings (SSSR count). The van der Waals surface area contributed by atoms with E-state index in [-0.39, 0.29) is 12.5 Å². The maximum Gasteiger partial charge on any atom is 0.333 e. The second-order valence-corrected chi connectivity index (χ2v) is 10.4. The minimum absolute atomic E-state index is 0.0159. The quantitative estimate of drug-likeness (QED) is 0.167. The summed E-state index contributed by atoms with van der Waals surface area (Å²) in [6.45, 7) is 5.55. The number of carbonyl (C=O) groups excluding carboxylic acids is 1. The van der Waals surface area contributed by atoms with Gasteiger partial charge < -0.3 is 20.3 Å². The number of hydrogen-bond donors (Lipinski definition) is 3. The fraction of sp³-hybridized carbons (Fsp3) is 0.929. The Kier molecular flexibility index (Phi) is 18.1. The van der Waals surface area contributed by atoms with Gasteiger partial charge in [-0.25, -0.2) is 4.79 Å². The van der Waals surface area contributed by atoms with Crippen LogP contribution in [-0.4, -0.2) is 65.1 Å². The van der Waals surface area contributed by atoms with E-state index in [4.69, 9.17) is 9.84 Å². The number of hydrogen-bond acceptors (Lipinski definition) is 5. The summed E-state index contributed by atoms with van der Waals surface area (Å²) in [5.74, 6) is -1.26. The second-order valence-electron chi connectivity index (χ2n) is 10.4. The van der Waals surface area contributed by atoms with E-state index in [0.29, 0.717) is 32.6 Å². The number of aliphatic carboxylic acids is 1. The number of aliphatic hydroxyl groups is 1. The van der Waals surface area contributed by atoms with Gasteiger partial charge >= 0.3 is 5.97 Å². The molecule has 0 saturated carbocycles. The Balaban J connectivity index is 2.17. The lowest BCUT2D eigenvalue weighted by Gasteiger charge is -2.47. The fourth-order valence-corrected chi connectivity index (χ4v) is 5.07. The average Bonchev–Trinajstić information content (AvgIpc) is 2.83. The lowest BCUT2D eigenvalue weighted by Crippen LogP contribution is -2.67. The summed E-state index contributed by atoms with van der Waals surface area (Å²) in [6.07, 6.45) is 19.9. The van der Waals surface area contributed by atoms with E-state index >= 15 is 0 Å². The molecule has 3 N–H and O–H groups in total. The van der Waals surface area contributed by atoms with Crippen molar-refractivity contribution < 1.29 is 24.5 Å². The molecular formula is C28H54N2O5. The summed E-state index contributed by atoms with van der Waals surface area (Å²) in [5, 5.41) is 22.1. The minimum Gasteiger partial charge on any atom is -0.479 e. The molecule has 1 heterocycles. The molecular weight excluding hydrogens is 444 g/mol. The highest BCUT2D eigenvalue weighted by atomic mass is 16.5. The van der Waals surface area contributed by atoms with Crippen LogP contribution in [0.3, 0.4) is 0 Å². The van der Waals surface area contributed by atoms with Gasteiger partial charge in [0, 0.05) is 19.5 Å². The van der Waals surface area contributed by atoms with Crippen LogP contribution in [0.2, 0.25) is 0 Å². The fourth-order valence-electron chi connectivity index (χ4n) is 5.07. The molecule has 0 aromatic heterocycles. The van der Waals surface area contributed by atoms with Gasteiger partial charge in [-0.3, -0.25) is 9.69 Å². The summed E-state index contributed by atoms with van der Waals surface area (Å²) >= 11 is 0. The van der Waals surface area contributed by atoms with Crippen molar-refractivity contribution in [2.24, 2.45) is 0 Å². The summed E-state index contributed by atoms with van der Waals surface area (Å²) in [4.78, 5) is 25.7. The highest BCUT2D eigenvalue weighted by Crippen LogP contribution is 2.24. The van der Waals surface area contributed by atoms with Gasteiger partial charge in [0.15, 0.2) is 6.10 Å². The van der Waals surface area contributed by atoms with E-state index in [2.05, 4.69) is 12.2 Å². The lowest BCUT2D eigenvalue weighted by atomic mass is 9.99. The first kappa shape index (κ1) is 31.8. The van der Waals surface area contributed by atoms with Gasteiger partial charge in [0.2, 0.25) is 5.91 Å². The number of morpholine rings is 1. The number of carboxylic acid groups (broad SMARTS) is 1. The molecule has 0 radical (unpaired) electrons. The predicted octanol–water partition coefficient (Wildman–Crippen LogP) is 5.64. The number of ether oxygens (including phenoxy) is 1. The molecule has 0 aromatic carbocycles. The Morgan fingerprint density at radius 3 is 1.86 bits per heavy atom. The van der Waals surface area contributed by atoms with E-state index < -0.39 is 17.7 Å². The number of β-amino-alcohol motifs (C(OH)–C–C–N with tert-alkyl or cyclic N) is 1. The number of nitrogens with one attached hydrogen (secondary N) is 1. The smallest absolute Gasteiger partial charge is 0.333 e. The first-order chi connectivity index (χ1) is 16.9. The monoisotopic (exact) mass is 498 g/mol. The van der Waals surface area contributed by atoms with Crippen LogP contribution in [0.5, 0.6) is 0 Å². The first-order valence-corrected chi connectivity index (χ1v) is 14.5. The molecule has 0 aromatic rings. The van der Waals surface area contributed by atoms with Crippen LogP contribution in [0.1, 0.15) is 129 Å². The van der Waals surface area contributed by atoms with Gasteiger partial charge in [0.25, 0.3) is 0 Å². The molecule has 7 nitrogen and oxygen atoms in total. The summed E-state index contributed by atoms with van der Waals surface area (Å²) in [5.41, 5.74) is -0.740. The largest absolute Gasteiger partial charge is 0.479 e. The van der Waals surface area contributed by atoms with E-state index in [9.17, 15) is 14.7 Å². The average molecular weight is 499 g/mol. The van der Waals surface area contributed by atoms with Crippen molar-refractivity contribution in [3.63, 3.8) is 0 Å². The molecule has 1 aliphatic rings. The molecule has 0 bridgehead atoms. The van der Waals surface area contributed by atoms with Crippen LogP contribution in [-0.2, 0) is 14.3 Å². The number of unbranched alkanes of at least 4 members (excludes halogenated alkanes) is 14. The Morgan fingerprint density at radius 1 is 0.857 bits per heavy atom. The first-order valence-electron chi connectivity index (χ1n) is 14.5. The normalized spacial score (nSPS) is 19.5. The van der Waals surface area contributed by atoms with Crippen molar-refractivity contribution in [2.45, 2.75) is 141 Å². The standard InChI is InChI=1S/C28H54N2O5/c1-3-5-6-7-8-9-10-11-12-13-14-15-16-17-18-19-26(32)29-28(20-4-2)24-35-22-21-30(28)23-25(31)27(33)34/h25,31H,3-24H2,1-2H3,(H,29,32)(H,33,34). The Bertz CT molecular complexity index is 555. The van der Waals surface area contributed by atoms with Gasteiger partial charge in [-0.15, -0.1) is 0 Å². The molecule has 0 spiro atoms. The topological polar surface area (TPSA) is 99.1 Å². The molecule has 35 heavy (non-hydrogen) atoms. The van der Waals surface area contributed by atoms with Gasteiger partial charge in [0.05, 0.1) is 13.2 Å². The highest BCUT2D eigenvalue weighted by molar-refractivity contribution is 5.76. The van der Waals surface area contributed by atoms with Gasteiger partial charge in [0.1, 0.15) is 5.66 Å². The maximum absolute atomic E-state index is 12.7. The van der Waals surface area contributed by atoms with Gasteiger partial charge in [-0.2, -0.15) is 0 Å². The zero-order valence-electron chi connectivity index (χ0n) is 22.7. The van der Waals surface area contributed by atoms with Crippen LogP contribution in [0.15, 0.2) is 0 Å². The highest BCUT2D eigenvalue weighted by Gasteiger charge is 2.41. The van der Waals surface area contributed by atoms with E-state index in [1.165, 1.54) is 83.5 Å². The zero-order valence-corrected chi connectivity index (χ0v) is 22.7. The predicted molar refractivity (Wildman–Crippen MR) is 141 cm³/mol. The summed E-state index contributed by atoms with van der Waals surface area (Å²) in [7, 11) is 0. The van der Waals surface area contributed by atoms with Gasteiger partial charge in [-0.05, 0) is 12.8 Å². The molecule has 1 saturated heterocycles. The summed E-state index contributed by atoms with van der Waals surface area (Å²) in [6, 6.07) is 0. The maximum atomic E-state index is 12.7. The van der Waals surface area contributed by atoms with Crippen LogP contribution in [0.25, 0.3) is 0 Å².